The Kier molecular flexibility index (Phi) is 5.58. The zero-order valence-electron chi connectivity index (χ0n) is 12.2. The van der Waals surface area contributed by atoms with Crippen LogP contribution in [0.5, 0.6) is 0 Å². The summed E-state index contributed by atoms with van der Waals surface area (Å²) in [4.78, 5) is 6.07. The van der Waals surface area contributed by atoms with Crippen LogP contribution >= 0.6 is 22.9 Å². The predicted molar refractivity (Wildman–Crippen MR) is 88.5 cm³/mol. The van der Waals surface area contributed by atoms with Crippen molar-refractivity contribution in [2.45, 2.75) is 33.7 Å². The van der Waals surface area contributed by atoms with Gasteiger partial charge in [0.15, 0.2) is 0 Å². The number of aryl methyl sites for hydroxylation is 1. The van der Waals surface area contributed by atoms with Gasteiger partial charge in [-0.15, -0.1) is 11.3 Å². The number of nitrogens with one attached hydrogen (secondary N) is 1. The number of nitrogens with zero attached hydrogens (tertiary/aromatic N) is 1. The van der Waals surface area contributed by atoms with Crippen LogP contribution in [-0.2, 0) is 13.0 Å². The summed E-state index contributed by atoms with van der Waals surface area (Å²) in [5.41, 5.74) is 2.21. The van der Waals surface area contributed by atoms with Crippen LogP contribution in [0, 0.1) is 5.92 Å². The van der Waals surface area contributed by atoms with Crippen LogP contribution in [0.2, 0.25) is 5.02 Å². The summed E-state index contributed by atoms with van der Waals surface area (Å²) in [6.07, 6.45) is 0.958. The Morgan fingerprint density at radius 3 is 2.70 bits per heavy atom. The number of rotatable bonds is 6. The molecule has 2 nitrogen and oxygen atoms in total. The summed E-state index contributed by atoms with van der Waals surface area (Å²) in [6, 6.07) is 7.91. The maximum absolute atomic E-state index is 6.26. The molecular formula is C16H21ClN2S. The average molecular weight is 309 g/mol. The van der Waals surface area contributed by atoms with Crippen LogP contribution in [0.3, 0.4) is 0 Å². The maximum Gasteiger partial charge on any atom is 0.125 e. The monoisotopic (exact) mass is 308 g/mol. The Hall–Kier alpha value is -0.900. The normalized spacial score (nSPS) is 11.2. The molecule has 0 spiro atoms. The minimum atomic E-state index is 0.663. The van der Waals surface area contributed by atoms with Crippen molar-refractivity contribution in [1.82, 2.24) is 10.3 Å². The first-order chi connectivity index (χ1) is 9.61. The molecule has 2 rings (SSSR count). The molecule has 0 aliphatic heterocycles. The first-order valence-electron chi connectivity index (χ1n) is 7.06. The van der Waals surface area contributed by atoms with Gasteiger partial charge in [0.25, 0.3) is 0 Å². The van der Waals surface area contributed by atoms with E-state index in [4.69, 9.17) is 16.6 Å². The minimum Gasteiger partial charge on any atom is -0.312 e. The topological polar surface area (TPSA) is 24.9 Å². The van der Waals surface area contributed by atoms with E-state index in [9.17, 15) is 0 Å². The summed E-state index contributed by atoms with van der Waals surface area (Å²) in [5.74, 6) is 0.663. The molecule has 1 aromatic carbocycles. The number of thiazole rings is 1. The van der Waals surface area contributed by atoms with Crippen molar-refractivity contribution in [3.05, 3.63) is 39.9 Å². The molecular weight excluding hydrogens is 288 g/mol. The molecule has 0 fully saturated rings. The quantitative estimate of drug-likeness (QED) is 0.831. The van der Waals surface area contributed by atoms with E-state index < -0.39 is 0 Å². The van der Waals surface area contributed by atoms with Gasteiger partial charge in [-0.2, -0.15) is 0 Å². The summed E-state index contributed by atoms with van der Waals surface area (Å²) < 4.78 is 0. The smallest absolute Gasteiger partial charge is 0.125 e. The van der Waals surface area contributed by atoms with Crippen LogP contribution in [0.4, 0.5) is 0 Å². The fraction of sp³-hybridized carbons (Fsp3) is 0.438. The van der Waals surface area contributed by atoms with E-state index >= 15 is 0 Å². The third kappa shape index (κ3) is 3.81. The minimum absolute atomic E-state index is 0.663. The van der Waals surface area contributed by atoms with E-state index in [-0.39, 0.29) is 0 Å². The molecule has 0 aliphatic rings. The number of benzene rings is 1. The lowest BCUT2D eigenvalue weighted by Crippen LogP contribution is -2.18. The van der Waals surface area contributed by atoms with E-state index in [1.165, 1.54) is 10.6 Å². The molecule has 0 saturated heterocycles. The van der Waals surface area contributed by atoms with Crippen molar-refractivity contribution in [2.24, 2.45) is 5.92 Å². The highest BCUT2D eigenvalue weighted by Gasteiger charge is 2.13. The summed E-state index contributed by atoms with van der Waals surface area (Å²) >= 11 is 8.01. The average Bonchev–Trinajstić information content (AvgIpc) is 2.82. The summed E-state index contributed by atoms with van der Waals surface area (Å²) in [5, 5.41) is 5.28. The highest BCUT2D eigenvalue weighted by Crippen LogP contribution is 2.33. The molecule has 2 aromatic rings. The van der Waals surface area contributed by atoms with Gasteiger partial charge in [-0.1, -0.05) is 50.6 Å². The van der Waals surface area contributed by atoms with Crippen molar-refractivity contribution >= 4 is 22.9 Å². The van der Waals surface area contributed by atoms with E-state index in [0.29, 0.717) is 5.92 Å². The second-order valence-electron chi connectivity index (χ2n) is 5.25. The molecule has 0 bridgehead atoms. The SMILES string of the molecule is CCc1nc(-c2ccccc2Cl)sc1CNCC(C)C. The van der Waals surface area contributed by atoms with Crippen LogP contribution in [-0.4, -0.2) is 11.5 Å². The molecule has 0 atom stereocenters. The number of hydrogen-bond acceptors (Lipinski definition) is 3. The molecule has 0 aliphatic carbocycles. The lowest BCUT2D eigenvalue weighted by atomic mass is 10.2. The highest BCUT2D eigenvalue weighted by atomic mass is 35.5. The van der Waals surface area contributed by atoms with Gasteiger partial charge in [0.05, 0.1) is 10.7 Å². The Morgan fingerprint density at radius 2 is 2.05 bits per heavy atom. The van der Waals surface area contributed by atoms with Crippen molar-refractivity contribution < 1.29 is 0 Å². The van der Waals surface area contributed by atoms with Crippen LogP contribution in [0.25, 0.3) is 10.6 Å². The zero-order valence-corrected chi connectivity index (χ0v) is 13.8. The highest BCUT2D eigenvalue weighted by molar-refractivity contribution is 7.15. The molecule has 1 aromatic heterocycles. The Labute approximate surface area is 130 Å². The molecule has 4 heteroatoms. The second-order valence-corrected chi connectivity index (χ2v) is 6.74. The Morgan fingerprint density at radius 1 is 1.30 bits per heavy atom. The third-order valence-corrected chi connectivity index (χ3v) is 4.52. The molecule has 1 heterocycles. The van der Waals surface area contributed by atoms with Gasteiger partial charge < -0.3 is 5.32 Å². The number of hydrogen-bond donors (Lipinski definition) is 1. The number of halogens is 1. The first-order valence-corrected chi connectivity index (χ1v) is 8.25. The fourth-order valence-corrected chi connectivity index (χ4v) is 3.46. The molecule has 1 N–H and O–H groups in total. The van der Waals surface area contributed by atoms with Gasteiger partial charge in [0.1, 0.15) is 5.01 Å². The maximum atomic E-state index is 6.26. The van der Waals surface area contributed by atoms with Crippen molar-refractivity contribution in [3.8, 4) is 10.6 Å². The Bertz CT molecular complexity index is 563. The molecule has 0 radical (unpaired) electrons. The number of aromatic nitrogens is 1. The van der Waals surface area contributed by atoms with Gasteiger partial charge in [0, 0.05) is 17.0 Å². The summed E-state index contributed by atoms with van der Waals surface area (Å²) in [6.45, 7) is 8.51. The zero-order chi connectivity index (χ0) is 14.5. The first kappa shape index (κ1) is 15.5. The molecule has 0 amide bonds. The molecule has 0 saturated carbocycles. The lowest BCUT2D eigenvalue weighted by Gasteiger charge is -2.06. The molecule has 108 valence electrons. The van der Waals surface area contributed by atoms with E-state index in [1.807, 2.05) is 24.3 Å². The summed E-state index contributed by atoms with van der Waals surface area (Å²) in [7, 11) is 0. The standard InChI is InChI=1S/C16H21ClN2S/c1-4-14-15(10-18-9-11(2)3)20-16(19-14)12-7-5-6-8-13(12)17/h5-8,11,18H,4,9-10H2,1-3H3. The van der Waals surface area contributed by atoms with E-state index in [1.54, 1.807) is 11.3 Å². The van der Waals surface area contributed by atoms with Gasteiger partial charge in [-0.3, -0.25) is 0 Å². The van der Waals surface area contributed by atoms with Crippen LogP contribution in [0.15, 0.2) is 24.3 Å². The van der Waals surface area contributed by atoms with Crippen LogP contribution in [0.1, 0.15) is 31.3 Å². The second kappa shape index (κ2) is 7.21. The molecule has 20 heavy (non-hydrogen) atoms. The van der Waals surface area contributed by atoms with Gasteiger partial charge >= 0.3 is 0 Å². The van der Waals surface area contributed by atoms with Crippen molar-refractivity contribution in [3.63, 3.8) is 0 Å². The predicted octanol–water partition coefficient (Wildman–Crippen LogP) is 4.77. The van der Waals surface area contributed by atoms with Crippen molar-refractivity contribution in [1.29, 1.82) is 0 Å². The lowest BCUT2D eigenvalue weighted by molar-refractivity contribution is 0.553. The van der Waals surface area contributed by atoms with Crippen LogP contribution < -0.4 is 5.32 Å². The van der Waals surface area contributed by atoms with E-state index in [2.05, 4.69) is 26.1 Å². The van der Waals surface area contributed by atoms with E-state index in [0.717, 1.165) is 35.1 Å². The Balaban J connectivity index is 2.20. The largest absolute Gasteiger partial charge is 0.312 e. The fourth-order valence-electron chi connectivity index (χ4n) is 2.02. The van der Waals surface area contributed by atoms with Crippen molar-refractivity contribution in [2.75, 3.05) is 6.54 Å². The van der Waals surface area contributed by atoms with Gasteiger partial charge in [-0.05, 0) is 24.9 Å². The van der Waals surface area contributed by atoms with Gasteiger partial charge in [0.2, 0.25) is 0 Å². The molecule has 0 unspecified atom stereocenters. The van der Waals surface area contributed by atoms with Gasteiger partial charge in [-0.25, -0.2) is 4.98 Å². The third-order valence-electron chi connectivity index (χ3n) is 3.06.